The van der Waals surface area contributed by atoms with E-state index in [4.69, 9.17) is 5.11 Å². The van der Waals surface area contributed by atoms with Gasteiger partial charge in [0.2, 0.25) is 0 Å². The average molecular weight is 319 g/mol. The highest BCUT2D eigenvalue weighted by Crippen LogP contribution is 2.24. The Bertz CT molecular complexity index is 599. The van der Waals surface area contributed by atoms with Gasteiger partial charge in [0.05, 0.1) is 5.56 Å². The van der Waals surface area contributed by atoms with Crippen LogP contribution in [0.15, 0.2) is 24.3 Å². The number of piperazine rings is 1. The number of nitrogens with zero attached hydrogens (tertiary/aromatic N) is 3. The third-order valence-corrected chi connectivity index (χ3v) is 4.27. The zero-order valence-electron chi connectivity index (χ0n) is 14.2. The van der Waals surface area contributed by atoms with Gasteiger partial charge in [-0.2, -0.15) is 0 Å². The summed E-state index contributed by atoms with van der Waals surface area (Å²) in [6, 6.07) is 7.07. The maximum Gasteiger partial charge on any atom is 0.335 e. The Hall–Kier alpha value is -2.08. The van der Waals surface area contributed by atoms with E-state index >= 15 is 0 Å². The second kappa shape index (κ2) is 6.58. The summed E-state index contributed by atoms with van der Waals surface area (Å²) >= 11 is 0. The summed E-state index contributed by atoms with van der Waals surface area (Å²) in [7, 11) is 3.53. The molecular weight excluding hydrogens is 294 g/mol. The van der Waals surface area contributed by atoms with Gasteiger partial charge < -0.3 is 14.9 Å². The summed E-state index contributed by atoms with van der Waals surface area (Å²) in [5.41, 5.74) is 1.12. The fraction of sp³-hybridized carbons (Fsp3) is 0.529. The third-order valence-electron chi connectivity index (χ3n) is 4.27. The number of rotatable bonds is 3. The van der Waals surface area contributed by atoms with Crippen molar-refractivity contribution in [2.75, 3.05) is 33.7 Å². The van der Waals surface area contributed by atoms with E-state index in [1.807, 2.05) is 11.0 Å². The van der Waals surface area contributed by atoms with Crippen molar-refractivity contribution in [3.8, 4) is 0 Å². The van der Waals surface area contributed by atoms with Crippen molar-refractivity contribution < 1.29 is 14.7 Å². The lowest BCUT2D eigenvalue weighted by Crippen LogP contribution is -2.61. The molecule has 0 saturated carbocycles. The standard InChI is InChI=1S/C17H25N3O3/c1-17(2)12-19(16(23)18(3)4)8-9-20(17)11-13-6-5-7-14(10-13)15(21)22/h5-7,10H,8-9,11-12H2,1-4H3,(H,21,22). The first-order valence-electron chi connectivity index (χ1n) is 7.74. The van der Waals surface area contributed by atoms with Gasteiger partial charge in [-0.15, -0.1) is 0 Å². The molecule has 1 heterocycles. The molecule has 1 saturated heterocycles. The lowest BCUT2D eigenvalue weighted by atomic mass is 9.97. The fourth-order valence-electron chi connectivity index (χ4n) is 2.95. The molecule has 1 aromatic rings. The van der Waals surface area contributed by atoms with Crippen LogP contribution in [0.25, 0.3) is 0 Å². The van der Waals surface area contributed by atoms with Crippen molar-refractivity contribution in [3.05, 3.63) is 35.4 Å². The van der Waals surface area contributed by atoms with Crippen molar-refractivity contribution in [2.24, 2.45) is 0 Å². The third kappa shape index (κ3) is 4.01. The van der Waals surface area contributed by atoms with Crippen molar-refractivity contribution in [3.63, 3.8) is 0 Å². The Morgan fingerprint density at radius 3 is 2.52 bits per heavy atom. The van der Waals surface area contributed by atoms with Gasteiger partial charge in [0, 0.05) is 45.8 Å². The van der Waals surface area contributed by atoms with Crippen LogP contribution in [-0.4, -0.2) is 71.1 Å². The van der Waals surface area contributed by atoms with Gasteiger partial charge in [0.1, 0.15) is 0 Å². The van der Waals surface area contributed by atoms with E-state index in [0.29, 0.717) is 25.2 Å². The van der Waals surface area contributed by atoms with Gasteiger partial charge in [-0.1, -0.05) is 12.1 Å². The number of carbonyl (C=O) groups excluding carboxylic acids is 1. The molecule has 2 rings (SSSR count). The van der Waals surface area contributed by atoms with Crippen LogP contribution >= 0.6 is 0 Å². The summed E-state index contributed by atoms with van der Waals surface area (Å²) in [5.74, 6) is -0.910. The van der Waals surface area contributed by atoms with Crippen LogP contribution in [0, 0.1) is 0 Å². The lowest BCUT2D eigenvalue weighted by Gasteiger charge is -2.47. The highest BCUT2D eigenvalue weighted by atomic mass is 16.4. The molecule has 6 nitrogen and oxygen atoms in total. The van der Waals surface area contributed by atoms with Gasteiger partial charge in [-0.05, 0) is 31.5 Å². The van der Waals surface area contributed by atoms with Crippen molar-refractivity contribution in [2.45, 2.75) is 25.9 Å². The molecule has 1 aliphatic heterocycles. The van der Waals surface area contributed by atoms with Crippen LogP contribution in [0.2, 0.25) is 0 Å². The normalized spacial score (nSPS) is 17.8. The highest BCUT2D eigenvalue weighted by Gasteiger charge is 2.35. The molecule has 1 fully saturated rings. The molecule has 1 aliphatic rings. The van der Waals surface area contributed by atoms with Crippen LogP contribution in [0.4, 0.5) is 4.79 Å². The minimum Gasteiger partial charge on any atom is -0.478 e. The molecule has 0 atom stereocenters. The Morgan fingerprint density at radius 2 is 1.96 bits per heavy atom. The van der Waals surface area contributed by atoms with Crippen LogP contribution in [0.1, 0.15) is 29.8 Å². The summed E-state index contributed by atoms with van der Waals surface area (Å²) < 4.78 is 0. The van der Waals surface area contributed by atoms with E-state index in [0.717, 1.165) is 12.1 Å². The van der Waals surface area contributed by atoms with Gasteiger partial charge in [-0.25, -0.2) is 9.59 Å². The first-order chi connectivity index (χ1) is 10.7. The van der Waals surface area contributed by atoms with E-state index in [-0.39, 0.29) is 11.6 Å². The van der Waals surface area contributed by atoms with E-state index in [1.165, 1.54) is 0 Å². The Balaban J connectivity index is 2.09. The quantitative estimate of drug-likeness (QED) is 0.925. The van der Waals surface area contributed by atoms with Crippen LogP contribution in [0.5, 0.6) is 0 Å². The van der Waals surface area contributed by atoms with Crippen molar-refractivity contribution in [1.82, 2.24) is 14.7 Å². The largest absolute Gasteiger partial charge is 0.478 e. The van der Waals surface area contributed by atoms with Crippen LogP contribution in [0.3, 0.4) is 0 Å². The molecule has 1 aromatic carbocycles. The number of benzene rings is 1. The molecule has 0 bridgehead atoms. The minimum atomic E-state index is -0.910. The number of urea groups is 1. The number of hydrogen-bond acceptors (Lipinski definition) is 3. The van der Waals surface area contributed by atoms with Crippen molar-refractivity contribution >= 4 is 12.0 Å². The van der Waals surface area contributed by atoms with Crippen LogP contribution in [-0.2, 0) is 6.54 Å². The zero-order chi connectivity index (χ0) is 17.2. The summed E-state index contributed by atoms with van der Waals surface area (Å²) in [4.78, 5) is 29.0. The smallest absolute Gasteiger partial charge is 0.335 e. The van der Waals surface area contributed by atoms with Gasteiger partial charge in [-0.3, -0.25) is 4.90 Å². The van der Waals surface area contributed by atoms with Crippen LogP contribution < -0.4 is 0 Å². The van der Waals surface area contributed by atoms with Gasteiger partial charge in [0.25, 0.3) is 0 Å². The molecule has 23 heavy (non-hydrogen) atoms. The second-order valence-electron chi connectivity index (χ2n) is 6.84. The number of amides is 2. The number of carbonyl (C=O) groups is 2. The molecule has 126 valence electrons. The maximum absolute atomic E-state index is 12.1. The first-order valence-corrected chi connectivity index (χ1v) is 7.74. The second-order valence-corrected chi connectivity index (χ2v) is 6.84. The zero-order valence-corrected chi connectivity index (χ0v) is 14.2. The lowest BCUT2D eigenvalue weighted by molar-refractivity contribution is 0.0245. The Morgan fingerprint density at radius 1 is 1.26 bits per heavy atom. The number of carboxylic acids is 1. The first kappa shape index (κ1) is 17.3. The topological polar surface area (TPSA) is 64.1 Å². The average Bonchev–Trinajstić information content (AvgIpc) is 2.48. The molecule has 0 aromatic heterocycles. The van der Waals surface area contributed by atoms with E-state index in [2.05, 4.69) is 18.7 Å². The van der Waals surface area contributed by atoms with E-state index < -0.39 is 5.97 Å². The molecule has 0 unspecified atom stereocenters. The minimum absolute atomic E-state index is 0.0330. The molecule has 0 aliphatic carbocycles. The fourth-order valence-corrected chi connectivity index (χ4v) is 2.95. The van der Waals surface area contributed by atoms with E-state index in [9.17, 15) is 9.59 Å². The highest BCUT2D eigenvalue weighted by molar-refractivity contribution is 5.87. The number of hydrogen-bond donors (Lipinski definition) is 1. The molecule has 0 radical (unpaired) electrons. The Kier molecular flexibility index (Phi) is 4.94. The maximum atomic E-state index is 12.1. The van der Waals surface area contributed by atoms with Gasteiger partial charge >= 0.3 is 12.0 Å². The molecule has 6 heteroatoms. The number of carboxylic acid groups (broad SMARTS) is 1. The van der Waals surface area contributed by atoms with Crippen molar-refractivity contribution in [1.29, 1.82) is 0 Å². The summed E-state index contributed by atoms with van der Waals surface area (Å²) in [5, 5.41) is 9.10. The Labute approximate surface area is 137 Å². The molecular formula is C17H25N3O3. The monoisotopic (exact) mass is 319 g/mol. The van der Waals surface area contributed by atoms with E-state index in [1.54, 1.807) is 37.2 Å². The predicted octanol–water partition coefficient (Wildman–Crippen LogP) is 1.96. The molecule has 2 amide bonds. The molecule has 1 N–H and O–H groups in total. The molecule has 0 spiro atoms. The number of aromatic carboxylic acids is 1. The summed E-state index contributed by atoms with van der Waals surface area (Å²) in [6.45, 7) is 7.01. The SMILES string of the molecule is CN(C)C(=O)N1CCN(Cc2cccc(C(=O)O)c2)C(C)(C)C1. The van der Waals surface area contributed by atoms with Gasteiger partial charge in [0.15, 0.2) is 0 Å². The predicted molar refractivity (Wildman–Crippen MR) is 88.5 cm³/mol. The summed E-state index contributed by atoms with van der Waals surface area (Å²) in [6.07, 6.45) is 0.